The number of furan rings is 1. The molecule has 1 N–H and O–H groups in total. The van der Waals surface area contributed by atoms with E-state index >= 15 is 0 Å². The average molecular weight is 325 g/mol. The van der Waals surface area contributed by atoms with Crippen LogP contribution in [0.3, 0.4) is 0 Å². The van der Waals surface area contributed by atoms with Gasteiger partial charge in [-0.05, 0) is 25.1 Å². The van der Waals surface area contributed by atoms with E-state index < -0.39 is 0 Å². The first kappa shape index (κ1) is 15.3. The predicted molar refractivity (Wildman–Crippen MR) is 89.3 cm³/mol. The number of carbonyl (C=O) groups is 1. The molecule has 0 spiro atoms. The molecule has 0 radical (unpaired) electrons. The lowest BCUT2D eigenvalue weighted by molar-refractivity contribution is 0.101. The molecule has 0 saturated carbocycles. The molecule has 3 aromatic rings. The van der Waals surface area contributed by atoms with Gasteiger partial charge in [0.05, 0.1) is 9.79 Å². The van der Waals surface area contributed by atoms with Crippen LogP contribution in [0.1, 0.15) is 23.2 Å². The molecule has 3 rings (SSSR count). The second-order valence-electron chi connectivity index (χ2n) is 4.95. The third kappa shape index (κ3) is 3.78. The maximum absolute atomic E-state index is 11.9. The highest BCUT2D eigenvalue weighted by Gasteiger charge is 2.14. The molecule has 1 aromatic carbocycles. The van der Waals surface area contributed by atoms with E-state index in [1.807, 2.05) is 43.3 Å². The zero-order valence-electron chi connectivity index (χ0n) is 12.7. The van der Waals surface area contributed by atoms with Gasteiger partial charge in [-0.2, -0.15) is 0 Å². The molecular weight excluding hydrogens is 310 g/mol. The Labute approximate surface area is 138 Å². The molecule has 0 aliphatic carbocycles. The molecule has 0 fully saturated rings. The summed E-state index contributed by atoms with van der Waals surface area (Å²) < 4.78 is 5.28. The lowest BCUT2D eigenvalue weighted by Crippen LogP contribution is -2.05. The minimum absolute atomic E-state index is 0.105. The number of aryl methyl sites for hydroxylation is 1. The summed E-state index contributed by atoms with van der Waals surface area (Å²) in [5.74, 6) is 1.11. The first-order chi connectivity index (χ1) is 11.1. The molecular formula is C17H15N3O2S. The van der Waals surface area contributed by atoms with Crippen molar-refractivity contribution in [3.63, 3.8) is 0 Å². The SMILES string of the molecule is CC(=O)c1nc(Nc2ccccc2)ncc1Sc1coc(C)c1. The smallest absolute Gasteiger partial charge is 0.227 e. The Hall–Kier alpha value is -2.60. The van der Waals surface area contributed by atoms with Crippen molar-refractivity contribution >= 4 is 29.2 Å². The molecule has 5 nitrogen and oxygen atoms in total. The largest absolute Gasteiger partial charge is 0.468 e. The van der Waals surface area contributed by atoms with Crippen molar-refractivity contribution in [3.05, 3.63) is 60.3 Å². The second kappa shape index (κ2) is 6.66. The van der Waals surface area contributed by atoms with E-state index in [4.69, 9.17) is 4.42 Å². The number of anilines is 2. The number of Topliss-reactive ketones (excluding diaryl/α,β-unsaturated/α-hetero) is 1. The van der Waals surface area contributed by atoms with Gasteiger partial charge in [0.1, 0.15) is 17.7 Å². The fourth-order valence-electron chi connectivity index (χ4n) is 2.01. The van der Waals surface area contributed by atoms with Crippen LogP contribution in [0.15, 0.2) is 63.1 Å². The van der Waals surface area contributed by atoms with Crippen molar-refractivity contribution in [2.45, 2.75) is 23.6 Å². The first-order valence-corrected chi connectivity index (χ1v) is 7.86. The van der Waals surface area contributed by atoms with Crippen molar-refractivity contribution in [1.82, 2.24) is 9.97 Å². The summed E-state index contributed by atoms with van der Waals surface area (Å²) >= 11 is 1.41. The Balaban J connectivity index is 1.88. The monoisotopic (exact) mass is 325 g/mol. The van der Waals surface area contributed by atoms with Gasteiger partial charge in [0.2, 0.25) is 5.95 Å². The highest BCUT2D eigenvalue weighted by atomic mass is 32.2. The number of nitrogens with one attached hydrogen (secondary N) is 1. The van der Waals surface area contributed by atoms with Crippen molar-refractivity contribution in [2.75, 3.05) is 5.32 Å². The molecule has 2 heterocycles. The van der Waals surface area contributed by atoms with Crippen LogP contribution in [0.25, 0.3) is 0 Å². The van der Waals surface area contributed by atoms with Crippen molar-refractivity contribution in [2.24, 2.45) is 0 Å². The summed E-state index contributed by atoms with van der Waals surface area (Å²) in [5.41, 5.74) is 1.26. The predicted octanol–water partition coefficient (Wildman–Crippen LogP) is 4.48. The summed E-state index contributed by atoms with van der Waals surface area (Å²) in [6, 6.07) is 11.5. The van der Waals surface area contributed by atoms with E-state index in [1.165, 1.54) is 18.7 Å². The standard InChI is InChI=1S/C17H15N3O2S/c1-11-8-14(10-22-11)23-15-9-18-17(20-16(15)12(2)21)19-13-6-4-3-5-7-13/h3-10H,1-2H3,(H,18,19,20). The third-order valence-electron chi connectivity index (χ3n) is 3.05. The van der Waals surface area contributed by atoms with E-state index in [0.717, 1.165) is 16.3 Å². The van der Waals surface area contributed by atoms with Gasteiger partial charge in [0.15, 0.2) is 5.78 Å². The van der Waals surface area contributed by atoms with Crippen LogP contribution in [0.4, 0.5) is 11.6 Å². The van der Waals surface area contributed by atoms with Crippen LogP contribution < -0.4 is 5.32 Å². The summed E-state index contributed by atoms with van der Waals surface area (Å²) in [5, 5.41) is 3.09. The van der Waals surface area contributed by atoms with Gasteiger partial charge in [0.25, 0.3) is 0 Å². The highest BCUT2D eigenvalue weighted by Crippen LogP contribution is 2.31. The van der Waals surface area contributed by atoms with Gasteiger partial charge in [-0.1, -0.05) is 30.0 Å². The number of nitrogens with zero attached hydrogens (tertiary/aromatic N) is 2. The number of rotatable bonds is 5. The van der Waals surface area contributed by atoms with Crippen LogP contribution in [-0.4, -0.2) is 15.8 Å². The molecule has 6 heteroatoms. The highest BCUT2D eigenvalue weighted by molar-refractivity contribution is 7.99. The van der Waals surface area contributed by atoms with Gasteiger partial charge in [-0.15, -0.1) is 0 Å². The molecule has 0 saturated heterocycles. The molecule has 116 valence electrons. The average Bonchev–Trinajstić information content (AvgIpc) is 2.95. The van der Waals surface area contributed by atoms with Crippen LogP contribution in [-0.2, 0) is 0 Å². The molecule has 23 heavy (non-hydrogen) atoms. The third-order valence-corrected chi connectivity index (χ3v) is 4.02. The van der Waals surface area contributed by atoms with Crippen molar-refractivity contribution < 1.29 is 9.21 Å². The molecule has 0 aliphatic heterocycles. The number of aromatic nitrogens is 2. The van der Waals surface area contributed by atoms with Crippen LogP contribution in [0.5, 0.6) is 0 Å². The van der Waals surface area contributed by atoms with Gasteiger partial charge < -0.3 is 9.73 Å². The number of ketones is 1. The van der Waals surface area contributed by atoms with Gasteiger partial charge >= 0.3 is 0 Å². The topological polar surface area (TPSA) is 68.0 Å². The Morgan fingerprint density at radius 1 is 1.26 bits per heavy atom. The normalized spacial score (nSPS) is 10.5. The van der Waals surface area contributed by atoms with E-state index in [0.29, 0.717) is 16.5 Å². The fourth-order valence-corrected chi connectivity index (χ4v) is 2.97. The quantitative estimate of drug-likeness (QED) is 0.698. The van der Waals surface area contributed by atoms with Crippen LogP contribution >= 0.6 is 11.8 Å². The lowest BCUT2D eigenvalue weighted by Gasteiger charge is -2.08. The maximum Gasteiger partial charge on any atom is 0.227 e. The van der Waals surface area contributed by atoms with E-state index in [9.17, 15) is 4.79 Å². The van der Waals surface area contributed by atoms with E-state index in [1.54, 1.807) is 12.5 Å². The van der Waals surface area contributed by atoms with Crippen LogP contribution in [0.2, 0.25) is 0 Å². The Morgan fingerprint density at radius 3 is 2.70 bits per heavy atom. The molecule has 2 aromatic heterocycles. The van der Waals surface area contributed by atoms with Crippen LogP contribution in [0, 0.1) is 6.92 Å². The Bertz CT molecular complexity index is 831. The van der Waals surface area contributed by atoms with Gasteiger partial charge in [0, 0.05) is 18.8 Å². The fraction of sp³-hybridized carbons (Fsp3) is 0.118. The molecule has 0 amide bonds. The number of hydrogen-bond acceptors (Lipinski definition) is 6. The number of carbonyl (C=O) groups excluding carboxylic acids is 1. The maximum atomic E-state index is 11.9. The Kier molecular flexibility index (Phi) is 4.43. The number of para-hydroxylation sites is 1. The minimum Gasteiger partial charge on any atom is -0.468 e. The number of benzene rings is 1. The lowest BCUT2D eigenvalue weighted by atomic mass is 10.3. The molecule has 0 unspecified atom stereocenters. The zero-order chi connectivity index (χ0) is 16.2. The minimum atomic E-state index is -0.105. The van der Waals surface area contributed by atoms with Gasteiger partial charge in [-0.3, -0.25) is 4.79 Å². The summed E-state index contributed by atoms with van der Waals surface area (Å²) in [7, 11) is 0. The van der Waals surface area contributed by atoms with Crippen molar-refractivity contribution in [1.29, 1.82) is 0 Å². The Morgan fingerprint density at radius 2 is 2.04 bits per heavy atom. The summed E-state index contributed by atoms with van der Waals surface area (Å²) in [6.45, 7) is 3.37. The summed E-state index contributed by atoms with van der Waals surface area (Å²) in [4.78, 5) is 22.2. The molecule has 0 aliphatic rings. The zero-order valence-corrected chi connectivity index (χ0v) is 13.6. The van der Waals surface area contributed by atoms with E-state index in [-0.39, 0.29) is 5.78 Å². The van der Waals surface area contributed by atoms with Crippen molar-refractivity contribution in [3.8, 4) is 0 Å². The molecule has 0 bridgehead atoms. The summed E-state index contributed by atoms with van der Waals surface area (Å²) in [6.07, 6.45) is 3.31. The number of hydrogen-bond donors (Lipinski definition) is 1. The van der Waals surface area contributed by atoms with E-state index in [2.05, 4.69) is 15.3 Å². The first-order valence-electron chi connectivity index (χ1n) is 7.05. The molecule has 0 atom stereocenters. The second-order valence-corrected chi connectivity index (χ2v) is 6.06. The van der Waals surface area contributed by atoms with Gasteiger partial charge in [-0.25, -0.2) is 9.97 Å².